The number of aryl methyl sites for hydroxylation is 1. The molecule has 0 unspecified atom stereocenters. The van der Waals surface area contributed by atoms with Crippen molar-refractivity contribution in [3.05, 3.63) is 23.8 Å². The molecule has 0 fully saturated rings. The van der Waals surface area contributed by atoms with Crippen molar-refractivity contribution >= 4 is 5.97 Å². The fourth-order valence-corrected chi connectivity index (χ4v) is 1.48. The van der Waals surface area contributed by atoms with Gasteiger partial charge in [0.05, 0.1) is 0 Å². The van der Waals surface area contributed by atoms with Crippen LogP contribution in [0.15, 0.2) is 12.5 Å². The topological polar surface area (TPSA) is 63.1 Å². The SMILES string of the molecule is CCCCCCc1cncnc1C(=O)O. The summed E-state index contributed by atoms with van der Waals surface area (Å²) in [4.78, 5) is 18.4. The van der Waals surface area contributed by atoms with Crippen LogP contribution in [0.25, 0.3) is 0 Å². The molecule has 1 N–H and O–H groups in total. The third-order valence-electron chi connectivity index (χ3n) is 2.29. The maximum absolute atomic E-state index is 10.8. The van der Waals surface area contributed by atoms with E-state index in [4.69, 9.17) is 5.11 Å². The van der Waals surface area contributed by atoms with Crippen LogP contribution < -0.4 is 0 Å². The van der Waals surface area contributed by atoms with E-state index in [1.54, 1.807) is 6.20 Å². The van der Waals surface area contributed by atoms with Gasteiger partial charge in [0.15, 0.2) is 5.69 Å². The molecule has 15 heavy (non-hydrogen) atoms. The van der Waals surface area contributed by atoms with Gasteiger partial charge in [0.1, 0.15) is 6.33 Å². The standard InChI is InChI=1S/C11H16N2O2/c1-2-3-4-5-6-9-7-12-8-13-10(9)11(14)15/h7-8H,2-6H2,1H3,(H,14,15). The van der Waals surface area contributed by atoms with Crippen molar-refractivity contribution in [2.45, 2.75) is 39.0 Å². The average molecular weight is 208 g/mol. The second-order valence-electron chi connectivity index (χ2n) is 3.51. The van der Waals surface area contributed by atoms with Crippen LogP contribution in [0.4, 0.5) is 0 Å². The van der Waals surface area contributed by atoms with Gasteiger partial charge >= 0.3 is 5.97 Å². The Morgan fingerprint density at radius 1 is 1.40 bits per heavy atom. The number of hydrogen-bond donors (Lipinski definition) is 1. The van der Waals surface area contributed by atoms with Crippen LogP contribution in [0.2, 0.25) is 0 Å². The molecule has 0 aliphatic carbocycles. The average Bonchev–Trinajstić information content (AvgIpc) is 2.25. The van der Waals surface area contributed by atoms with Gasteiger partial charge in [0.25, 0.3) is 0 Å². The number of carbonyl (C=O) groups is 1. The Kier molecular flexibility index (Phi) is 4.74. The zero-order chi connectivity index (χ0) is 11.1. The Morgan fingerprint density at radius 3 is 2.87 bits per heavy atom. The molecule has 0 aliphatic rings. The zero-order valence-electron chi connectivity index (χ0n) is 8.94. The molecule has 1 aromatic heterocycles. The minimum Gasteiger partial charge on any atom is -0.477 e. The summed E-state index contributed by atoms with van der Waals surface area (Å²) in [6.07, 6.45) is 8.13. The van der Waals surface area contributed by atoms with Gasteiger partial charge in [-0.05, 0) is 12.8 Å². The molecule has 0 saturated heterocycles. The fraction of sp³-hybridized carbons (Fsp3) is 0.545. The molecule has 1 aromatic rings. The van der Waals surface area contributed by atoms with Crippen LogP contribution >= 0.6 is 0 Å². The second-order valence-corrected chi connectivity index (χ2v) is 3.51. The summed E-state index contributed by atoms with van der Waals surface area (Å²) < 4.78 is 0. The van der Waals surface area contributed by atoms with E-state index < -0.39 is 5.97 Å². The molecule has 0 saturated carbocycles. The molecule has 0 bridgehead atoms. The van der Waals surface area contributed by atoms with Crippen molar-refractivity contribution in [1.29, 1.82) is 0 Å². The van der Waals surface area contributed by atoms with E-state index in [1.807, 2.05) is 0 Å². The summed E-state index contributed by atoms with van der Waals surface area (Å²) >= 11 is 0. The first kappa shape index (κ1) is 11.6. The number of aromatic carboxylic acids is 1. The summed E-state index contributed by atoms with van der Waals surface area (Å²) in [5.74, 6) is -0.970. The molecule has 0 aliphatic heterocycles. The highest BCUT2D eigenvalue weighted by Gasteiger charge is 2.10. The zero-order valence-corrected chi connectivity index (χ0v) is 8.94. The predicted molar refractivity (Wildman–Crippen MR) is 56.8 cm³/mol. The van der Waals surface area contributed by atoms with Gasteiger partial charge < -0.3 is 5.11 Å². The first-order valence-corrected chi connectivity index (χ1v) is 5.28. The molecule has 4 nitrogen and oxygen atoms in total. The van der Waals surface area contributed by atoms with Gasteiger partial charge in [-0.1, -0.05) is 26.2 Å². The summed E-state index contributed by atoms with van der Waals surface area (Å²) in [5, 5.41) is 8.88. The fourth-order valence-electron chi connectivity index (χ4n) is 1.48. The summed E-state index contributed by atoms with van der Waals surface area (Å²) in [6.45, 7) is 2.15. The van der Waals surface area contributed by atoms with Gasteiger partial charge in [-0.3, -0.25) is 0 Å². The van der Waals surface area contributed by atoms with Crippen molar-refractivity contribution in [2.24, 2.45) is 0 Å². The van der Waals surface area contributed by atoms with Gasteiger partial charge in [-0.25, -0.2) is 14.8 Å². The Bertz CT molecular complexity index is 326. The minimum absolute atomic E-state index is 0.140. The van der Waals surface area contributed by atoms with Crippen molar-refractivity contribution < 1.29 is 9.90 Å². The van der Waals surface area contributed by atoms with Crippen LogP contribution in [0, 0.1) is 0 Å². The van der Waals surface area contributed by atoms with Crippen LogP contribution in [0.1, 0.15) is 48.7 Å². The molecular weight excluding hydrogens is 192 g/mol. The number of unbranched alkanes of at least 4 members (excludes halogenated alkanes) is 3. The molecule has 0 atom stereocenters. The predicted octanol–water partition coefficient (Wildman–Crippen LogP) is 2.30. The quantitative estimate of drug-likeness (QED) is 0.728. The van der Waals surface area contributed by atoms with E-state index in [0.29, 0.717) is 0 Å². The van der Waals surface area contributed by atoms with Gasteiger partial charge in [0.2, 0.25) is 0 Å². The first-order chi connectivity index (χ1) is 7.25. The molecule has 0 aromatic carbocycles. The lowest BCUT2D eigenvalue weighted by molar-refractivity contribution is 0.0689. The number of hydrogen-bond acceptors (Lipinski definition) is 3. The number of rotatable bonds is 6. The molecule has 0 spiro atoms. The third-order valence-corrected chi connectivity index (χ3v) is 2.29. The molecule has 82 valence electrons. The van der Waals surface area contributed by atoms with E-state index in [9.17, 15) is 4.79 Å². The monoisotopic (exact) mass is 208 g/mol. The molecule has 1 rings (SSSR count). The lowest BCUT2D eigenvalue weighted by Gasteiger charge is -2.03. The van der Waals surface area contributed by atoms with Gasteiger partial charge in [-0.2, -0.15) is 0 Å². The smallest absolute Gasteiger partial charge is 0.354 e. The molecule has 0 radical (unpaired) electrons. The van der Waals surface area contributed by atoms with E-state index in [-0.39, 0.29) is 5.69 Å². The molecule has 1 heterocycles. The Labute approximate surface area is 89.4 Å². The number of carboxylic acid groups (broad SMARTS) is 1. The molecular formula is C11H16N2O2. The van der Waals surface area contributed by atoms with Crippen LogP contribution in [-0.2, 0) is 6.42 Å². The highest BCUT2D eigenvalue weighted by molar-refractivity contribution is 5.86. The highest BCUT2D eigenvalue weighted by Crippen LogP contribution is 2.10. The Hall–Kier alpha value is -1.45. The van der Waals surface area contributed by atoms with Gasteiger partial charge in [0, 0.05) is 11.8 Å². The van der Waals surface area contributed by atoms with Gasteiger partial charge in [-0.15, -0.1) is 0 Å². The molecule has 4 heteroatoms. The number of carboxylic acids is 1. The van der Waals surface area contributed by atoms with Crippen molar-refractivity contribution in [3.63, 3.8) is 0 Å². The van der Waals surface area contributed by atoms with Crippen LogP contribution in [0.3, 0.4) is 0 Å². The van der Waals surface area contributed by atoms with Crippen molar-refractivity contribution in [2.75, 3.05) is 0 Å². The largest absolute Gasteiger partial charge is 0.477 e. The summed E-state index contributed by atoms with van der Waals surface area (Å²) in [6, 6.07) is 0. The van der Waals surface area contributed by atoms with Crippen molar-refractivity contribution in [3.8, 4) is 0 Å². The molecule has 0 amide bonds. The van der Waals surface area contributed by atoms with Crippen molar-refractivity contribution in [1.82, 2.24) is 9.97 Å². The number of aromatic nitrogens is 2. The summed E-state index contributed by atoms with van der Waals surface area (Å²) in [7, 11) is 0. The maximum Gasteiger partial charge on any atom is 0.354 e. The first-order valence-electron chi connectivity index (χ1n) is 5.28. The minimum atomic E-state index is -0.970. The third kappa shape index (κ3) is 3.65. The lowest BCUT2D eigenvalue weighted by atomic mass is 10.1. The highest BCUT2D eigenvalue weighted by atomic mass is 16.4. The normalized spacial score (nSPS) is 10.2. The van der Waals surface area contributed by atoms with E-state index in [1.165, 1.54) is 19.2 Å². The number of nitrogens with zero attached hydrogens (tertiary/aromatic N) is 2. The Morgan fingerprint density at radius 2 is 2.20 bits per heavy atom. The van der Waals surface area contributed by atoms with E-state index in [2.05, 4.69) is 16.9 Å². The summed E-state index contributed by atoms with van der Waals surface area (Å²) in [5.41, 5.74) is 0.877. The van der Waals surface area contributed by atoms with E-state index >= 15 is 0 Å². The Balaban J connectivity index is 2.56. The lowest BCUT2D eigenvalue weighted by Crippen LogP contribution is -2.06. The van der Waals surface area contributed by atoms with Crippen LogP contribution in [-0.4, -0.2) is 21.0 Å². The van der Waals surface area contributed by atoms with E-state index in [0.717, 1.165) is 24.8 Å². The maximum atomic E-state index is 10.8. The van der Waals surface area contributed by atoms with Crippen LogP contribution in [0.5, 0.6) is 0 Å². The second kappa shape index (κ2) is 6.11.